The zero-order valence-corrected chi connectivity index (χ0v) is 11.1. The summed E-state index contributed by atoms with van der Waals surface area (Å²) in [6.45, 7) is 0.701. The third-order valence-electron chi connectivity index (χ3n) is 3.75. The number of hydrogen-bond acceptors (Lipinski definition) is 2. The first kappa shape index (κ1) is 12.7. The Morgan fingerprint density at radius 2 is 1.95 bits per heavy atom. The van der Waals surface area contributed by atoms with Crippen molar-refractivity contribution in [1.82, 2.24) is 9.88 Å². The molecular weight excluding hydrogens is 252 g/mol. The number of carbonyl (C=O) groups is 1. The highest BCUT2D eigenvalue weighted by molar-refractivity contribution is 5.94. The summed E-state index contributed by atoms with van der Waals surface area (Å²) >= 11 is 0. The number of amides is 1. The summed E-state index contributed by atoms with van der Waals surface area (Å²) in [5, 5.41) is 0. The van der Waals surface area contributed by atoms with Crippen molar-refractivity contribution in [3.8, 4) is 0 Å². The molecule has 1 aromatic carbocycles. The minimum Gasteiger partial charge on any atom is -0.331 e. The molecule has 0 unspecified atom stereocenters. The molecule has 1 aromatic heterocycles. The van der Waals surface area contributed by atoms with Crippen LogP contribution in [0.25, 0.3) is 0 Å². The van der Waals surface area contributed by atoms with Crippen LogP contribution in [0.2, 0.25) is 0 Å². The quantitative estimate of drug-likeness (QED) is 0.909. The number of benzene rings is 1. The molecule has 1 fully saturated rings. The smallest absolute Gasteiger partial charge is 0.260 e. The van der Waals surface area contributed by atoms with Crippen LogP contribution in [0.3, 0.4) is 0 Å². The molecule has 0 bridgehead atoms. The highest BCUT2D eigenvalue weighted by atomic mass is 16.2. The fraction of sp³-hybridized carbons (Fsp3) is 0.250. The van der Waals surface area contributed by atoms with Gasteiger partial charge < -0.3 is 9.88 Å². The van der Waals surface area contributed by atoms with Gasteiger partial charge in [0.1, 0.15) is 5.56 Å². The molecule has 2 aromatic rings. The molecule has 2 heterocycles. The van der Waals surface area contributed by atoms with Crippen molar-refractivity contribution in [2.75, 3.05) is 6.54 Å². The Labute approximate surface area is 117 Å². The number of aromatic amines is 1. The van der Waals surface area contributed by atoms with Gasteiger partial charge in [-0.2, -0.15) is 0 Å². The fourth-order valence-electron chi connectivity index (χ4n) is 2.78. The van der Waals surface area contributed by atoms with Crippen LogP contribution in [0, 0.1) is 0 Å². The van der Waals surface area contributed by atoms with E-state index in [0.717, 1.165) is 18.4 Å². The number of pyridine rings is 1. The van der Waals surface area contributed by atoms with Crippen LogP contribution in [0.15, 0.2) is 53.5 Å². The van der Waals surface area contributed by atoms with Crippen molar-refractivity contribution < 1.29 is 4.79 Å². The first-order chi connectivity index (χ1) is 9.77. The molecule has 1 N–H and O–H groups in total. The minimum absolute atomic E-state index is 0.0725. The number of hydrogen-bond donors (Lipinski definition) is 1. The lowest BCUT2D eigenvalue weighted by molar-refractivity contribution is 0.0734. The van der Waals surface area contributed by atoms with Gasteiger partial charge >= 0.3 is 0 Å². The van der Waals surface area contributed by atoms with Gasteiger partial charge in [0.2, 0.25) is 0 Å². The van der Waals surface area contributed by atoms with Crippen LogP contribution in [0.4, 0.5) is 0 Å². The van der Waals surface area contributed by atoms with Crippen LogP contribution in [-0.4, -0.2) is 22.3 Å². The molecule has 1 amide bonds. The van der Waals surface area contributed by atoms with Crippen molar-refractivity contribution in [2.45, 2.75) is 18.9 Å². The van der Waals surface area contributed by atoms with Gasteiger partial charge in [0.05, 0.1) is 6.04 Å². The molecule has 1 atom stereocenters. The molecule has 3 rings (SSSR count). The fourth-order valence-corrected chi connectivity index (χ4v) is 2.78. The zero-order valence-electron chi connectivity index (χ0n) is 11.1. The maximum atomic E-state index is 12.6. The third kappa shape index (κ3) is 2.25. The second-order valence-electron chi connectivity index (χ2n) is 4.98. The van der Waals surface area contributed by atoms with E-state index in [-0.39, 0.29) is 23.1 Å². The van der Waals surface area contributed by atoms with E-state index in [4.69, 9.17) is 0 Å². The number of carbonyl (C=O) groups excluding carboxylic acids is 1. The van der Waals surface area contributed by atoms with Crippen LogP contribution in [0.5, 0.6) is 0 Å². The van der Waals surface area contributed by atoms with Gasteiger partial charge in [-0.15, -0.1) is 0 Å². The maximum Gasteiger partial charge on any atom is 0.260 e. The van der Waals surface area contributed by atoms with Gasteiger partial charge in [-0.25, -0.2) is 0 Å². The van der Waals surface area contributed by atoms with Gasteiger partial charge in [-0.05, 0) is 30.5 Å². The molecule has 1 saturated heterocycles. The van der Waals surface area contributed by atoms with Crippen molar-refractivity contribution in [1.29, 1.82) is 0 Å². The molecule has 20 heavy (non-hydrogen) atoms. The molecule has 4 heteroatoms. The number of nitrogens with zero attached hydrogens (tertiary/aromatic N) is 1. The van der Waals surface area contributed by atoms with E-state index in [0.29, 0.717) is 6.54 Å². The predicted molar refractivity (Wildman–Crippen MR) is 76.5 cm³/mol. The van der Waals surface area contributed by atoms with Crippen LogP contribution in [0.1, 0.15) is 34.8 Å². The topological polar surface area (TPSA) is 53.2 Å². The zero-order chi connectivity index (χ0) is 13.9. The molecule has 4 nitrogen and oxygen atoms in total. The standard InChI is InChI=1S/C16H16N2O2/c19-15-13(8-4-10-17-15)16(20)18-11-5-9-14(18)12-6-2-1-3-7-12/h1-4,6-8,10,14H,5,9,11H2,(H,17,19)/t14-/m0/s1. The Hall–Kier alpha value is -2.36. The monoisotopic (exact) mass is 268 g/mol. The number of rotatable bonds is 2. The first-order valence-electron chi connectivity index (χ1n) is 6.81. The first-order valence-corrected chi connectivity index (χ1v) is 6.81. The van der Waals surface area contributed by atoms with Gasteiger partial charge in [-0.3, -0.25) is 9.59 Å². The van der Waals surface area contributed by atoms with E-state index < -0.39 is 0 Å². The van der Waals surface area contributed by atoms with E-state index in [1.165, 1.54) is 6.20 Å². The molecule has 0 aliphatic carbocycles. The summed E-state index contributed by atoms with van der Waals surface area (Å²) in [5.41, 5.74) is 1.03. The molecule has 1 aliphatic heterocycles. The molecular formula is C16H16N2O2. The second-order valence-corrected chi connectivity index (χ2v) is 4.98. The van der Waals surface area contributed by atoms with E-state index in [9.17, 15) is 9.59 Å². The summed E-state index contributed by atoms with van der Waals surface area (Å²) in [7, 11) is 0. The number of aromatic nitrogens is 1. The molecule has 0 saturated carbocycles. The molecule has 0 radical (unpaired) electrons. The number of nitrogens with one attached hydrogen (secondary N) is 1. The predicted octanol–water partition coefficient (Wildman–Crippen LogP) is 2.35. The van der Waals surface area contributed by atoms with Crippen molar-refractivity contribution in [2.24, 2.45) is 0 Å². The summed E-state index contributed by atoms with van der Waals surface area (Å²) in [5.74, 6) is -0.182. The minimum atomic E-state index is -0.323. The maximum absolute atomic E-state index is 12.6. The van der Waals surface area contributed by atoms with Crippen molar-refractivity contribution in [3.05, 3.63) is 70.1 Å². The Kier molecular flexibility index (Phi) is 3.37. The lowest BCUT2D eigenvalue weighted by Gasteiger charge is -2.24. The van der Waals surface area contributed by atoms with Crippen molar-refractivity contribution >= 4 is 5.91 Å². The Morgan fingerprint density at radius 1 is 1.15 bits per heavy atom. The average molecular weight is 268 g/mol. The lowest BCUT2D eigenvalue weighted by atomic mass is 10.0. The second kappa shape index (κ2) is 5.33. The highest BCUT2D eigenvalue weighted by Crippen LogP contribution is 2.32. The Morgan fingerprint density at radius 3 is 2.70 bits per heavy atom. The van der Waals surface area contributed by atoms with E-state index in [1.807, 2.05) is 30.3 Å². The van der Waals surface area contributed by atoms with Crippen LogP contribution >= 0.6 is 0 Å². The van der Waals surface area contributed by atoms with Gasteiger partial charge in [0, 0.05) is 12.7 Å². The van der Waals surface area contributed by atoms with E-state index in [1.54, 1.807) is 17.0 Å². The van der Waals surface area contributed by atoms with E-state index >= 15 is 0 Å². The molecule has 0 spiro atoms. The Balaban J connectivity index is 1.92. The van der Waals surface area contributed by atoms with Gasteiger partial charge in [0.15, 0.2) is 0 Å². The van der Waals surface area contributed by atoms with Gasteiger partial charge in [-0.1, -0.05) is 30.3 Å². The van der Waals surface area contributed by atoms with Crippen molar-refractivity contribution in [3.63, 3.8) is 0 Å². The normalized spacial score (nSPS) is 18.2. The highest BCUT2D eigenvalue weighted by Gasteiger charge is 2.31. The Bertz CT molecular complexity index is 663. The van der Waals surface area contributed by atoms with Gasteiger partial charge in [0.25, 0.3) is 11.5 Å². The molecule has 102 valence electrons. The number of likely N-dealkylation sites (tertiary alicyclic amines) is 1. The molecule has 1 aliphatic rings. The summed E-state index contributed by atoms with van der Waals surface area (Å²) < 4.78 is 0. The number of H-pyrrole nitrogens is 1. The summed E-state index contributed by atoms with van der Waals surface area (Å²) in [6.07, 6.45) is 3.45. The van der Waals surface area contributed by atoms with E-state index in [2.05, 4.69) is 4.98 Å². The third-order valence-corrected chi connectivity index (χ3v) is 3.75. The summed E-state index contributed by atoms with van der Waals surface area (Å²) in [4.78, 5) is 28.7. The largest absolute Gasteiger partial charge is 0.331 e. The summed E-state index contributed by atoms with van der Waals surface area (Å²) in [6, 6.07) is 13.3. The van der Waals surface area contributed by atoms with Crippen LogP contribution < -0.4 is 5.56 Å². The average Bonchev–Trinajstić information content (AvgIpc) is 2.97. The lowest BCUT2D eigenvalue weighted by Crippen LogP contribution is -2.34. The SMILES string of the molecule is O=C(c1ccc[nH]c1=O)N1CCC[C@H]1c1ccccc1. The van der Waals surface area contributed by atoms with Crippen LogP contribution in [-0.2, 0) is 0 Å².